The van der Waals surface area contributed by atoms with Gasteiger partial charge in [0.05, 0.1) is 33.2 Å². The van der Waals surface area contributed by atoms with Gasteiger partial charge in [-0.2, -0.15) is 19.9 Å². The molecule has 7 aromatic heterocycles. The molecule has 4 aliphatic heterocycles. The van der Waals surface area contributed by atoms with Crippen LogP contribution >= 0.6 is 70.2 Å². The first-order valence-corrected chi connectivity index (χ1v) is 44.9. The molecule has 654 valence electrons. The fourth-order valence-electron chi connectivity index (χ4n) is 19.5. The van der Waals surface area contributed by atoms with Gasteiger partial charge in [-0.15, -0.1) is 0 Å². The third kappa shape index (κ3) is 18.2. The van der Waals surface area contributed by atoms with E-state index in [4.69, 9.17) is 80.5 Å². The third-order valence-electron chi connectivity index (χ3n) is 26.6. The SMILES string of the molecule is C[C@H]1C[C@@H](N)C2(CCN(c3nc(N)c(Sc4cccc(N)c4Cl)c(=O)n3C)CC2)C1.C[C@H]1C[C@@H](N)C2(CCN(c3nc(N)c(Sc4ccnc(N)c4Cl)c(=O)n3C)CC2)C1.Cc1ncccc1Sc1c(N)nc(N2CCC3(CC2)CC(F)(F)C[C@H]3N)n(C)c1=O.Cc1ncccc1Sc1c(N)nc(N2CCC3(CC2)C[C@@H](C)C(F)(F)[C@H]3N)n(C)c1=O. The molecular formula is C82H111Cl2F4N25O4S4. The van der Waals surface area contributed by atoms with Crippen molar-refractivity contribution >= 4 is 129 Å². The summed E-state index contributed by atoms with van der Waals surface area (Å²) in [5, 5.41) is 0.716. The number of nitrogen functional groups attached to an aromatic ring is 6. The highest BCUT2D eigenvalue weighted by molar-refractivity contribution is 8.00. The van der Waals surface area contributed by atoms with Crippen LogP contribution in [0.5, 0.6) is 0 Å². The highest BCUT2D eigenvalue weighted by Gasteiger charge is 2.62. The minimum Gasteiger partial charge on any atom is -0.397 e. The largest absolute Gasteiger partial charge is 0.397 e. The number of piperidine rings is 4. The van der Waals surface area contributed by atoms with E-state index in [2.05, 4.69) is 58.5 Å². The number of halogens is 6. The van der Waals surface area contributed by atoms with Crippen molar-refractivity contribution in [3.63, 3.8) is 0 Å². The first-order chi connectivity index (χ1) is 57.1. The standard InChI is InChI=1S/C21H29ClN6OS.C21H28F2N6OS.C20H28ClN7OS.C20H26F2N6OS/c1-12-10-15(24)21(11-12)6-8-28(9-7-21)20-26-18(25)17(19(29)27(20)2)30-14-5-3-4-13(23)16(14)22;1-12-11-20(18(25)21(12,22)23)6-9-29(10-7-20)19-27-16(24)15(17(30)28(19)3)31-14-5-4-8-26-13(14)2;1-11-9-13(22)20(10-11)4-7-28(8-5-20)19-26-17(24)15(18(29)27(19)2)30-12-3-6-25-16(23)14(12)21;1-12-13(4-3-7-25-12)30-15-16(24)26-18(27(2)17(15)29)28-8-5-19(6-9-28)11-20(21,22)10-14(19)23/h3-5,12,15H,6-11,23-25H2,1-2H3;4-5,8,12,18H,6-7,9-11,24-25H2,1-3H3;3,6,11,13H,4-5,7-10,22,24H2,1-2H3,(H2,23,25);3-4,7,14H,5-6,8-11,23-24H2,1-2H3/t12-,15+;12-,18+;11-,13+;14-/m0101/s1. The lowest BCUT2D eigenvalue weighted by Crippen LogP contribution is -2.53. The van der Waals surface area contributed by atoms with E-state index in [1.54, 1.807) is 93.2 Å². The lowest BCUT2D eigenvalue weighted by atomic mass is 9.74. The Morgan fingerprint density at radius 1 is 0.405 bits per heavy atom. The van der Waals surface area contributed by atoms with Crippen LogP contribution in [0.2, 0.25) is 10.0 Å². The summed E-state index contributed by atoms with van der Waals surface area (Å²) in [6.07, 6.45) is 15.7. The van der Waals surface area contributed by atoms with E-state index in [-0.39, 0.29) is 87.1 Å². The Bertz CT molecular complexity index is 5260. The lowest BCUT2D eigenvalue weighted by molar-refractivity contribution is -0.0556. The number of aromatic nitrogens is 11. The van der Waals surface area contributed by atoms with Gasteiger partial charge in [-0.3, -0.25) is 47.4 Å². The van der Waals surface area contributed by atoms with Crippen molar-refractivity contribution in [2.45, 2.75) is 206 Å². The number of hydrogen-bond donors (Lipinski definition) is 10. The van der Waals surface area contributed by atoms with Crippen molar-refractivity contribution in [1.82, 2.24) is 53.2 Å². The van der Waals surface area contributed by atoms with Crippen LogP contribution in [-0.2, 0) is 28.2 Å². The van der Waals surface area contributed by atoms with Crippen LogP contribution in [0.25, 0.3) is 0 Å². The number of benzene rings is 1. The molecule has 0 radical (unpaired) electrons. The second kappa shape index (κ2) is 35.8. The summed E-state index contributed by atoms with van der Waals surface area (Å²) in [5.41, 5.74) is 62.0. The van der Waals surface area contributed by atoms with Gasteiger partial charge >= 0.3 is 0 Å². The van der Waals surface area contributed by atoms with E-state index in [0.717, 1.165) is 97.6 Å². The monoisotopic (exact) mass is 1780 g/mol. The summed E-state index contributed by atoms with van der Waals surface area (Å²) in [5.74, 6) is -1.87. The molecule has 7 atom stereocenters. The fourth-order valence-corrected chi connectivity index (χ4v) is 23.7. The predicted octanol–water partition coefficient (Wildman–Crippen LogP) is 10.9. The molecule has 0 amide bonds. The second-order valence-corrected chi connectivity index (χ2v) is 39.5. The molecule has 20 N–H and O–H groups in total. The molecule has 121 heavy (non-hydrogen) atoms. The third-order valence-corrected chi connectivity index (χ3v) is 32.4. The molecule has 4 saturated heterocycles. The van der Waals surface area contributed by atoms with Gasteiger partial charge in [0.1, 0.15) is 48.7 Å². The summed E-state index contributed by atoms with van der Waals surface area (Å²) in [6.45, 7) is 15.2. The Morgan fingerprint density at radius 3 is 1.07 bits per heavy atom. The maximum absolute atomic E-state index is 14.4. The first kappa shape index (κ1) is 90.5. The number of anilines is 10. The number of rotatable bonds is 12. The maximum atomic E-state index is 14.4. The Balaban J connectivity index is 0.000000139. The highest BCUT2D eigenvalue weighted by atomic mass is 35.5. The summed E-state index contributed by atoms with van der Waals surface area (Å²) >= 11 is 17.4. The molecule has 0 bridgehead atoms. The molecule has 39 heteroatoms. The van der Waals surface area contributed by atoms with Crippen molar-refractivity contribution in [2.75, 3.05) is 106 Å². The van der Waals surface area contributed by atoms with Crippen LogP contribution in [0.1, 0.15) is 128 Å². The van der Waals surface area contributed by atoms with Crippen molar-refractivity contribution in [3.05, 3.63) is 130 Å². The topological polar surface area (TPSA) is 451 Å². The molecule has 4 aliphatic carbocycles. The molecule has 8 aromatic rings. The van der Waals surface area contributed by atoms with Gasteiger partial charge < -0.3 is 76.9 Å². The van der Waals surface area contributed by atoms with E-state index < -0.39 is 40.7 Å². The molecule has 4 spiro atoms. The van der Waals surface area contributed by atoms with Crippen molar-refractivity contribution in [1.29, 1.82) is 0 Å². The average Bonchev–Trinajstić information content (AvgIpc) is 1.61. The van der Waals surface area contributed by atoms with Gasteiger partial charge in [0, 0.05) is 156 Å². The van der Waals surface area contributed by atoms with Crippen LogP contribution in [0.3, 0.4) is 0 Å². The summed E-state index contributed by atoms with van der Waals surface area (Å²) in [7, 11) is 6.78. The van der Waals surface area contributed by atoms with Gasteiger partial charge in [0.2, 0.25) is 29.7 Å². The average molecular weight is 1790 g/mol. The molecule has 11 heterocycles. The van der Waals surface area contributed by atoms with Gasteiger partial charge in [0.15, 0.2) is 0 Å². The van der Waals surface area contributed by atoms with Gasteiger partial charge in [-0.25, -0.2) is 22.5 Å². The zero-order chi connectivity index (χ0) is 87.5. The summed E-state index contributed by atoms with van der Waals surface area (Å²) in [6, 6.07) is 13.3. The van der Waals surface area contributed by atoms with Gasteiger partial charge in [-0.05, 0) is 173 Å². The molecule has 8 fully saturated rings. The minimum absolute atomic E-state index is 0.157. The highest BCUT2D eigenvalue weighted by Crippen LogP contribution is 2.57. The Kier molecular flexibility index (Phi) is 26.7. The Labute approximate surface area is 727 Å². The van der Waals surface area contributed by atoms with E-state index in [9.17, 15) is 36.7 Å². The van der Waals surface area contributed by atoms with Crippen LogP contribution in [0, 0.1) is 53.3 Å². The molecule has 1 aromatic carbocycles. The number of nitrogens with zero attached hydrogens (tertiary/aromatic N) is 15. The van der Waals surface area contributed by atoms with Gasteiger partial charge in [-0.1, -0.05) is 97.1 Å². The minimum atomic E-state index is -2.85. The van der Waals surface area contributed by atoms with E-state index in [1.807, 2.05) is 41.8 Å². The Hall–Kier alpha value is -8.27. The Morgan fingerprint density at radius 2 is 0.744 bits per heavy atom. The molecule has 29 nitrogen and oxygen atoms in total. The van der Waals surface area contributed by atoms with Gasteiger partial charge in [0.25, 0.3) is 28.2 Å². The number of nitrogens with two attached hydrogens (primary N) is 10. The number of pyridine rings is 3. The lowest BCUT2D eigenvalue weighted by Gasteiger charge is -2.43. The maximum Gasteiger partial charge on any atom is 0.270 e. The van der Waals surface area contributed by atoms with Crippen LogP contribution in [0.4, 0.5) is 76.1 Å². The van der Waals surface area contributed by atoms with Crippen LogP contribution in [0.15, 0.2) is 125 Å². The number of hydrogen-bond acceptors (Lipinski definition) is 29. The molecular weight excluding hydrogens is 1670 g/mol. The summed E-state index contributed by atoms with van der Waals surface area (Å²) in [4.78, 5) is 95.4. The van der Waals surface area contributed by atoms with Crippen molar-refractivity contribution in [2.24, 2.45) is 90.5 Å². The smallest absolute Gasteiger partial charge is 0.270 e. The van der Waals surface area contributed by atoms with Crippen molar-refractivity contribution < 1.29 is 17.6 Å². The zero-order valence-corrected chi connectivity index (χ0v) is 74.4. The van der Waals surface area contributed by atoms with E-state index in [1.165, 1.54) is 57.3 Å². The number of alkyl halides is 4. The molecule has 4 saturated carbocycles. The molecule has 16 rings (SSSR count). The first-order valence-electron chi connectivity index (χ1n) is 40.8. The second-order valence-electron chi connectivity index (χ2n) is 34.5. The predicted molar refractivity (Wildman–Crippen MR) is 477 cm³/mol. The van der Waals surface area contributed by atoms with Crippen LogP contribution < -0.4 is 99.2 Å². The fraction of sp³-hybridized carbons (Fsp3) is 0.549. The van der Waals surface area contributed by atoms with E-state index >= 15 is 0 Å². The van der Waals surface area contributed by atoms with Crippen LogP contribution in [-0.4, -0.2) is 142 Å². The van der Waals surface area contributed by atoms with Crippen molar-refractivity contribution in [3.8, 4) is 0 Å². The zero-order valence-electron chi connectivity index (χ0n) is 69.7. The van der Waals surface area contributed by atoms with E-state index in [0.29, 0.717) is 139 Å². The molecule has 8 aliphatic rings. The normalized spacial score (nSPS) is 23.4. The summed E-state index contributed by atoms with van der Waals surface area (Å²) < 4.78 is 62.6. The molecule has 0 unspecified atom stereocenters. The number of aryl methyl sites for hydroxylation is 2. The quantitative estimate of drug-likeness (QED) is 0.0401.